The van der Waals surface area contributed by atoms with Crippen LogP contribution in [0, 0.1) is 0 Å². The van der Waals surface area contributed by atoms with Gasteiger partial charge in [-0.2, -0.15) is 0 Å². The fourth-order valence-electron chi connectivity index (χ4n) is 1.94. The first-order valence-corrected chi connectivity index (χ1v) is 6.87. The number of halogens is 1. The minimum absolute atomic E-state index is 0.00340. The molecule has 0 spiro atoms. The second-order valence-electron chi connectivity index (χ2n) is 4.49. The van der Waals surface area contributed by atoms with Crippen molar-refractivity contribution < 1.29 is 0 Å². The summed E-state index contributed by atoms with van der Waals surface area (Å²) in [7, 11) is 0. The van der Waals surface area contributed by atoms with Gasteiger partial charge in [-0.05, 0) is 18.6 Å². The summed E-state index contributed by atoms with van der Waals surface area (Å²) in [5.41, 5.74) is 2.03. The molecule has 0 aliphatic heterocycles. The zero-order chi connectivity index (χ0) is 15.4. The first-order valence-electron chi connectivity index (χ1n) is 6.49. The third kappa shape index (κ3) is 3.32. The van der Waals surface area contributed by atoms with Gasteiger partial charge in [-0.3, -0.25) is 9.36 Å². The van der Waals surface area contributed by atoms with Crippen molar-refractivity contribution in [1.82, 2.24) is 14.1 Å². The molecular formula is C13H16ClN5O2. The van der Waals surface area contributed by atoms with Gasteiger partial charge in [-0.15, -0.1) is 0 Å². The zero-order valence-electron chi connectivity index (χ0n) is 11.5. The Labute approximate surface area is 126 Å². The average Bonchev–Trinajstić information content (AvgIpc) is 2.48. The molecule has 2 aromatic heterocycles. The second-order valence-corrected chi connectivity index (χ2v) is 4.89. The van der Waals surface area contributed by atoms with E-state index < -0.39 is 5.56 Å². The number of nitrogens with zero attached hydrogens (tertiary/aromatic N) is 3. The van der Waals surface area contributed by atoms with E-state index in [2.05, 4.69) is 10.4 Å². The molecule has 2 aromatic rings. The highest BCUT2D eigenvalue weighted by molar-refractivity contribution is 6.31. The Bertz CT molecular complexity index is 753. The third-order valence-electron chi connectivity index (χ3n) is 2.98. The van der Waals surface area contributed by atoms with E-state index in [1.54, 1.807) is 12.1 Å². The summed E-state index contributed by atoms with van der Waals surface area (Å²) in [5, 5.41) is 0.367. The Morgan fingerprint density at radius 3 is 2.76 bits per heavy atom. The largest absolute Gasteiger partial charge is 0.331 e. The maximum absolute atomic E-state index is 12.3. The number of nitrogens with two attached hydrogens (primary N) is 1. The van der Waals surface area contributed by atoms with Crippen LogP contribution < -0.4 is 22.5 Å². The van der Waals surface area contributed by atoms with Crippen molar-refractivity contribution in [2.24, 2.45) is 5.84 Å². The molecule has 0 radical (unpaired) electrons. The number of hydrazine groups is 1. The SMILES string of the molecule is CCCn1ccc(=O)n(Cc2nc(NN)ccc2Cl)c1=O. The summed E-state index contributed by atoms with van der Waals surface area (Å²) in [5.74, 6) is 5.71. The Hall–Kier alpha value is -2.12. The summed E-state index contributed by atoms with van der Waals surface area (Å²) in [6, 6.07) is 4.57. The Kier molecular flexibility index (Phi) is 4.77. The molecule has 3 N–H and O–H groups in total. The van der Waals surface area contributed by atoms with Crippen molar-refractivity contribution in [3.8, 4) is 0 Å². The molecule has 2 rings (SSSR count). The molecule has 0 saturated carbocycles. The van der Waals surface area contributed by atoms with Crippen LogP contribution in [0.3, 0.4) is 0 Å². The molecule has 0 atom stereocenters. The molecule has 2 heterocycles. The van der Waals surface area contributed by atoms with E-state index in [0.29, 0.717) is 23.1 Å². The van der Waals surface area contributed by atoms with E-state index in [0.717, 1.165) is 11.0 Å². The third-order valence-corrected chi connectivity index (χ3v) is 3.32. The predicted molar refractivity (Wildman–Crippen MR) is 81.4 cm³/mol. The molecule has 0 amide bonds. The van der Waals surface area contributed by atoms with Crippen LogP contribution in [0.2, 0.25) is 5.02 Å². The van der Waals surface area contributed by atoms with Gasteiger partial charge in [0.15, 0.2) is 0 Å². The minimum atomic E-state index is -0.392. The number of aromatic nitrogens is 3. The van der Waals surface area contributed by atoms with E-state index in [-0.39, 0.29) is 12.2 Å². The van der Waals surface area contributed by atoms with E-state index >= 15 is 0 Å². The van der Waals surface area contributed by atoms with E-state index in [1.165, 1.54) is 16.8 Å². The predicted octanol–water partition coefficient (Wildman–Crippen LogP) is 0.802. The van der Waals surface area contributed by atoms with Crippen LogP contribution in [0.25, 0.3) is 0 Å². The number of hydrogen-bond acceptors (Lipinski definition) is 5. The van der Waals surface area contributed by atoms with Crippen LogP contribution in [0.15, 0.2) is 34.0 Å². The fourth-order valence-corrected chi connectivity index (χ4v) is 2.10. The van der Waals surface area contributed by atoms with Crippen molar-refractivity contribution in [2.75, 3.05) is 5.43 Å². The van der Waals surface area contributed by atoms with Gasteiger partial charge < -0.3 is 9.99 Å². The van der Waals surface area contributed by atoms with Crippen LogP contribution in [0.4, 0.5) is 5.82 Å². The van der Waals surface area contributed by atoms with E-state index in [4.69, 9.17) is 17.4 Å². The standard InChI is InChI=1S/C13H16ClN5O2/c1-2-6-18-7-5-12(20)19(13(18)21)8-10-9(14)3-4-11(16-10)17-15/h3-5,7H,2,6,8,15H2,1H3,(H,16,17). The van der Waals surface area contributed by atoms with Crippen molar-refractivity contribution in [2.45, 2.75) is 26.4 Å². The van der Waals surface area contributed by atoms with Crippen molar-refractivity contribution >= 4 is 17.4 Å². The highest BCUT2D eigenvalue weighted by atomic mass is 35.5. The van der Waals surface area contributed by atoms with E-state index in [1.807, 2.05) is 6.92 Å². The number of nitrogens with one attached hydrogen (secondary N) is 1. The first-order chi connectivity index (χ1) is 10.1. The lowest BCUT2D eigenvalue weighted by molar-refractivity contribution is 0.567. The van der Waals surface area contributed by atoms with Gasteiger partial charge in [0.25, 0.3) is 5.56 Å². The van der Waals surface area contributed by atoms with Gasteiger partial charge in [-0.1, -0.05) is 18.5 Å². The molecule has 0 aliphatic carbocycles. The molecule has 0 aromatic carbocycles. The first kappa shape index (κ1) is 15.3. The highest BCUT2D eigenvalue weighted by Gasteiger charge is 2.10. The van der Waals surface area contributed by atoms with Gasteiger partial charge in [0, 0.05) is 18.8 Å². The van der Waals surface area contributed by atoms with Gasteiger partial charge in [0.2, 0.25) is 0 Å². The number of nitrogen functional groups attached to an aromatic ring is 1. The van der Waals surface area contributed by atoms with Crippen molar-refractivity contribution in [1.29, 1.82) is 0 Å². The molecule has 8 heteroatoms. The molecule has 21 heavy (non-hydrogen) atoms. The van der Waals surface area contributed by atoms with Gasteiger partial charge in [0.1, 0.15) is 5.82 Å². The van der Waals surface area contributed by atoms with Crippen molar-refractivity contribution in [3.05, 3.63) is 56.0 Å². The van der Waals surface area contributed by atoms with E-state index in [9.17, 15) is 9.59 Å². The quantitative estimate of drug-likeness (QED) is 0.629. The lowest BCUT2D eigenvalue weighted by Crippen LogP contribution is -2.39. The monoisotopic (exact) mass is 309 g/mol. The molecule has 0 aliphatic rings. The summed E-state index contributed by atoms with van der Waals surface area (Å²) in [6.45, 7) is 2.50. The molecule has 7 nitrogen and oxygen atoms in total. The van der Waals surface area contributed by atoms with Crippen LogP contribution in [0.5, 0.6) is 0 Å². The molecule has 0 saturated heterocycles. The van der Waals surface area contributed by atoms with Crippen LogP contribution >= 0.6 is 11.6 Å². The van der Waals surface area contributed by atoms with Crippen LogP contribution in [-0.2, 0) is 13.1 Å². The summed E-state index contributed by atoms with van der Waals surface area (Å²) in [6.07, 6.45) is 2.29. The maximum Gasteiger partial charge on any atom is 0.331 e. The number of hydrogen-bond donors (Lipinski definition) is 2. The average molecular weight is 310 g/mol. The van der Waals surface area contributed by atoms with Crippen LogP contribution in [0.1, 0.15) is 19.0 Å². The van der Waals surface area contributed by atoms with Crippen LogP contribution in [-0.4, -0.2) is 14.1 Å². The molecule has 0 bridgehead atoms. The second kappa shape index (κ2) is 6.55. The Morgan fingerprint density at radius 2 is 2.10 bits per heavy atom. The number of aryl methyl sites for hydroxylation is 1. The maximum atomic E-state index is 12.3. The summed E-state index contributed by atoms with van der Waals surface area (Å²) in [4.78, 5) is 28.3. The highest BCUT2D eigenvalue weighted by Crippen LogP contribution is 2.16. The number of pyridine rings is 1. The summed E-state index contributed by atoms with van der Waals surface area (Å²) >= 11 is 6.05. The normalized spacial score (nSPS) is 10.6. The van der Waals surface area contributed by atoms with Crippen molar-refractivity contribution in [3.63, 3.8) is 0 Å². The fraction of sp³-hybridized carbons (Fsp3) is 0.308. The van der Waals surface area contributed by atoms with Gasteiger partial charge >= 0.3 is 5.69 Å². The minimum Gasteiger partial charge on any atom is -0.308 e. The summed E-state index contributed by atoms with van der Waals surface area (Å²) < 4.78 is 2.59. The molecular weight excluding hydrogens is 294 g/mol. The molecule has 0 fully saturated rings. The Morgan fingerprint density at radius 1 is 1.33 bits per heavy atom. The lowest BCUT2D eigenvalue weighted by atomic mass is 10.3. The number of anilines is 1. The van der Waals surface area contributed by atoms with Gasteiger partial charge in [0.05, 0.1) is 17.3 Å². The number of rotatable bonds is 5. The van der Waals surface area contributed by atoms with Gasteiger partial charge in [-0.25, -0.2) is 15.6 Å². The molecule has 0 unspecified atom stereocenters. The lowest BCUT2D eigenvalue weighted by Gasteiger charge is -2.10. The smallest absolute Gasteiger partial charge is 0.308 e. The zero-order valence-corrected chi connectivity index (χ0v) is 12.3. The topological polar surface area (TPSA) is 94.9 Å². The molecule has 112 valence electrons. The Balaban J connectivity index is 2.46.